The Hall–Kier alpha value is -2.75. The van der Waals surface area contributed by atoms with Gasteiger partial charge in [0.05, 0.1) is 0 Å². The maximum atomic E-state index is 11.4. The van der Waals surface area contributed by atoms with E-state index in [9.17, 15) is 4.79 Å². The van der Waals surface area contributed by atoms with E-state index in [2.05, 4.69) is 0 Å². The highest BCUT2D eigenvalue weighted by atomic mass is 16.5. The number of benzene rings is 2. The third-order valence-electron chi connectivity index (χ3n) is 3.02. The van der Waals surface area contributed by atoms with Gasteiger partial charge in [0.25, 0.3) is 0 Å². The average Bonchev–Trinajstić information content (AvgIpc) is 2.38. The van der Waals surface area contributed by atoms with Gasteiger partial charge in [0.15, 0.2) is 0 Å². The number of hydrogen-bond acceptors (Lipinski definition) is 4. The highest BCUT2D eigenvalue weighted by Gasteiger charge is 2.05. The van der Waals surface area contributed by atoms with E-state index < -0.39 is 0 Å². The van der Waals surface area contributed by atoms with Gasteiger partial charge in [-0.25, -0.2) is 4.79 Å². The zero-order valence-corrected chi connectivity index (χ0v) is 10.9. The van der Waals surface area contributed by atoms with Gasteiger partial charge in [0.2, 0.25) is 0 Å². The molecule has 0 aliphatic carbocycles. The molecule has 0 aliphatic rings. The summed E-state index contributed by atoms with van der Waals surface area (Å²) in [4.78, 5) is 11.4. The van der Waals surface area contributed by atoms with Crippen molar-refractivity contribution in [3.8, 4) is 11.5 Å². The van der Waals surface area contributed by atoms with Crippen LogP contribution in [0.3, 0.4) is 0 Å². The molecule has 0 saturated carbocycles. The molecule has 0 spiro atoms. The van der Waals surface area contributed by atoms with Crippen molar-refractivity contribution in [2.45, 2.75) is 6.92 Å². The van der Waals surface area contributed by atoms with E-state index in [0.717, 1.165) is 10.9 Å². The first-order chi connectivity index (χ1) is 9.61. The van der Waals surface area contributed by atoms with Crippen LogP contribution in [-0.2, 0) is 0 Å². The fourth-order valence-electron chi connectivity index (χ4n) is 2.08. The van der Waals surface area contributed by atoms with E-state index in [4.69, 9.17) is 14.9 Å². The number of anilines is 1. The maximum Gasteiger partial charge on any atom is 0.336 e. The first kappa shape index (κ1) is 12.3. The molecule has 0 saturated heterocycles. The minimum Gasteiger partial charge on any atom is -0.457 e. The zero-order valence-electron chi connectivity index (χ0n) is 10.9. The van der Waals surface area contributed by atoms with Crippen molar-refractivity contribution in [2.24, 2.45) is 0 Å². The van der Waals surface area contributed by atoms with Crippen LogP contribution in [0, 0.1) is 6.92 Å². The summed E-state index contributed by atoms with van der Waals surface area (Å²) in [6.07, 6.45) is 0. The molecule has 2 aromatic carbocycles. The molecule has 100 valence electrons. The van der Waals surface area contributed by atoms with Gasteiger partial charge in [0, 0.05) is 29.3 Å². The summed E-state index contributed by atoms with van der Waals surface area (Å²) in [5.74, 6) is 1.23. The van der Waals surface area contributed by atoms with Crippen LogP contribution >= 0.6 is 0 Å². The third kappa shape index (κ3) is 2.36. The summed E-state index contributed by atoms with van der Waals surface area (Å²) >= 11 is 0. The molecular formula is C16H13NO3. The van der Waals surface area contributed by atoms with Crippen molar-refractivity contribution in [1.82, 2.24) is 0 Å². The van der Waals surface area contributed by atoms with Gasteiger partial charge in [0.1, 0.15) is 17.1 Å². The molecule has 0 unspecified atom stereocenters. The van der Waals surface area contributed by atoms with Crippen LogP contribution < -0.4 is 16.1 Å². The summed E-state index contributed by atoms with van der Waals surface area (Å²) in [5.41, 5.74) is 7.36. The lowest BCUT2D eigenvalue weighted by atomic mass is 10.1. The smallest absolute Gasteiger partial charge is 0.336 e. The molecule has 3 aromatic rings. The van der Waals surface area contributed by atoms with Gasteiger partial charge in [-0.1, -0.05) is 6.07 Å². The van der Waals surface area contributed by atoms with Gasteiger partial charge < -0.3 is 14.9 Å². The fourth-order valence-corrected chi connectivity index (χ4v) is 2.08. The molecule has 1 aromatic heterocycles. The first-order valence-corrected chi connectivity index (χ1v) is 6.20. The number of nitrogens with two attached hydrogens (primary N) is 1. The fraction of sp³-hybridized carbons (Fsp3) is 0.0625. The molecule has 0 aliphatic heterocycles. The Labute approximate surface area is 115 Å². The van der Waals surface area contributed by atoms with Gasteiger partial charge in [-0.05, 0) is 36.8 Å². The first-order valence-electron chi connectivity index (χ1n) is 6.20. The summed E-state index contributed by atoms with van der Waals surface area (Å²) in [6.45, 7) is 1.87. The van der Waals surface area contributed by atoms with Gasteiger partial charge in [-0.15, -0.1) is 0 Å². The SMILES string of the molecule is Cc1cc(=O)oc2cc(Oc3cccc(N)c3)ccc12. The van der Waals surface area contributed by atoms with Gasteiger partial charge in [-0.3, -0.25) is 0 Å². The van der Waals surface area contributed by atoms with Gasteiger partial charge in [-0.2, -0.15) is 0 Å². The zero-order chi connectivity index (χ0) is 14.1. The van der Waals surface area contributed by atoms with Crippen molar-refractivity contribution in [2.75, 3.05) is 5.73 Å². The third-order valence-corrected chi connectivity index (χ3v) is 3.02. The Morgan fingerprint density at radius 1 is 1.05 bits per heavy atom. The normalized spacial score (nSPS) is 10.7. The van der Waals surface area contributed by atoms with Gasteiger partial charge >= 0.3 is 5.63 Å². The van der Waals surface area contributed by atoms with Crippen LogP contribution in [0.1, 0.15) is 5.56 Å². The Balaban J connectivity index is 2.03. The van der Waals surface area contributed by atoms with Crippen LogP contribution in [0.25, 0.3) is 11.0 Å². The monoisotopic (exact) mass is 267 g/mol. The molecule has 0 atom stereocenters. The van der Waals surface area contributed by atoms with E-state index in [0.29, 0.717) is 22.8 Å². The van der Waals surface area contributed by atoms with Crippen molar-refractivity contribution in [3.05, 3.63) is 64.5 Å². The topological polar surface area (TPSA) is 65.5 Å². The van der Waals surface area contributed by atoms with E-state index in [1.54, 1.807) is 18.2 Å². The number of aryl methyl sites for hydroxylation is 1. The molecule has 4 heteroatoms. The van der Waals surface area contributed by atoms with Crippen molar-refractivity contribution < 1.29 is 9.15 Å². The number of hydrogen-bond donors (Lipinski definition) is 1. The summed E-state index contributed by atoms with van der Waals surface area (Å²) in [5, 5.41) is 0.893. The molecule has 20 heavy (non-hydrogen) atoms. The molecule has 0 amide bonds. The highest BCUT2D eigenvalue weighted by Crippen LogP contribution is 2.27. The minimum atomic E-state index is -0.365. The standard InChI is InChI=1S/C16H13NO3/c1-10-7-16(18)20-15-9-13(5-6-14(10)15)19-12-4-2-3-11(17)8-12/h2-9H,17H2,1H3. The van der Waals surface area contributed by atoms with Crippen LogP contribution in [0.15, 0.2) is 57.7 Å². The Morgan fingerprint density at radius 3 is 2.65 bits per heavy atom. The van der Waals surface area contributed by atoms with Crippen LogP contribution in [-0.4, -0.2) is 0 Å². The van der Waals surface area contributed by atoms with Crippen molar-refractivity contribution in [1.29, 1.82) is 0 Å². The molecule has 0 radical (unpaired) electrons. The molecule has 0 fully saturated rings. The number of nitrogen functional groups attached to an aromatic ring is 1. The molecule has 4 nitrogen and oxygen atoms in total. The molecule has 0 bridgehead atoms. The largest absolute Gasteiger partial charge is 0.457 e. The lowest BCUT2D eigenvalue weighted by Crippen LogP contribution is -1.97. The molecule has 3 rings (SSSR count). The second-order valence-corrected chi connectivity index (χ2v) is 4.58. The minimum absolute atomic E-state index is 0.365. The second-order valence-electron chi connectivity index (χ2n) is 4.58. The van der Waals surface area contributed by atoms with E-state index in [-0.39, 0.29) is 5.63 Å². The Kier molecular flexibility index (Phi) is 2.91. The maximum absolute atomic E-state index is 11.4. The summed E-state index contributed by atoms with van der Waals surface area (Å²) < 4.78 is 10.9. The van der Waals surface area contributed by atoms with Crippen molar-refractivity contribution >= 4 is 16.7 Å². The van der Waals surface area contributed by atoms with E-state index in [1.165, 1.54) is 6.07 Å². The van der Waals surface area contributed by atoms with Crippen LogP contribution in [0.5, 0.6) is 11.5 Å². The highest BCUT2D eigenvalue weighted by molar-refractivity contribution is 5.81. The molecular weight excluding hydrogens is 254 g/mol. The number of ether oxygens (including phenoxy) is 1. The Morgan fingerprint density at radius 2 is 1.85 bits per heavy atom. The van der Waals surface area contributed by atoms with Crippen LogP contribution in [0.4, 0.5) is 5.69 Å². The number of fused-ring (bicyclic) bond motifs is 1. The summed E-state index contributed by atoms with van der Waals surface area (Å²) in [6, 6.07) is 14.0. The molecule has 2 N–H and O–H groups in total. The lowest BCUT2D eigenvalue weighted by molar-refractivity contribution is 0.480. The quantitative estimate of drug-likeness (QED) is 0.570. The second kappa shape index (κ2) is 4.74. The summed E-state index contributed by atoms with van der Waals surface area (Å²) in [7, 11) is 0. The number of rotatable bonds is 2. The molecule has 1 heterocycles. The predicted molar refractivity (Wildman–Crippen MR) is 78.1 cm³/mol. The van der Waals surface area contributed by atoms with Crippen molar-refractivity contribution in [3.63, 3.8) is 0 Å². The van der Waals surface area contributed by atoms with E-state index >= 15 is 0 Å². The average molecular weight is 267 g/mol. The predicted octanol–water partition coefficient (Wildman–Crippen LogP) is 3.48. The Bertz CT molecular complexity index is 836. The van der Waals surface area contributed by atoms with E-state index in [1.807, 2.05) is 31.2 Å². The lowest BCUT2D eigenvalue weighted by Gasteiger charge is -2.07. The van der Waals surface area contributed by atoms with Crippen LogP contribution in [0.2, 0.25) is 0 Å².